The Morgan fingerprint density at radius 1 is 1.42 bits per heavy atom. The van der Waals surface area contributed by atoms with Crippen molar-refractivity contribution < 1.29 is 4.79 Å². The highest BCUT2D eigenvalue weighted by Crippen LogP contribution is 2.36. The lowest BCUT2D eigenvalue weighted by atomic mass is 9.77. The lowest BCUT2D eigenvalue weighted by molar-refractivity contribution is 0.0207. The summed E-state index contributed by atoms with van der Waals surface area (Å²) >= 11 is 0. The van der Waals surface area contributed by atoms with Gasteiger partial charge in [0.2, 0.25) is 0 Å². The minimum atomic E-state index is 0.109. The highest BCUT2D eigenvalue weighted by Gasteiger charge is 2.42. The summed E-state index contributed by atoms with van der Waals surface area (Å²) in [7, 11) is 1.71. The van der Waals surface area contributed by atoms with Gasteiger partial charge in [-0.15, -0.1) is 0 Å². The summed E-state index contributed by atoms with van der Waals surface area (Å²) in [6.07, 6.45) is 5.22. The third-order valence-corrected chi connectivity index (χ3v) is 3.18. The fourth-order valence-corrected chi connectivity index (χ4v) is 2.44. The van der Waals surface area contributed by atoms with Crippen LogP contribution in [0.3, 0.4) is 0 Å². The van der Waals surface area contributed by atoms with Crippen molar-refractivity contribution >= 4 is 6.03 Å². The van der Waals surface area contributed by atoms with E-state index in [9.17, 15) is 4.79 Å². The number of hydrogen-bond donors (Lipinski definition) is 1. The molecule has 0 bridgehead atoms. The monoisotopic (exact) mass is 168 g/mol. The Morgan fingerprint density at radius 3 is 2.83 bits per heavy atom. The van der Waals surface area contributed by atoms with Crippen LogP contribution in [0.2, 0.25) is 0 Å². The zero-order chi connectivity index (χ0) is 8.55. The number of fused-ring (bicyclic) bond motifs is 1. The molecule has 1 aliphatic heterocycles. The molecule has 2 aliphatic rings. The number of amides is 2. The van der Waals surface area contributed by atoms with Crippen LogP contribution in [0.4, 0.5) is 4.79 Å². The van der Waals surface area contributed by atoms with Crippen LogP contribution < -0.4 is 5.32 Å². The zero-order valence-electron chi connectivity index (χ0n) is 7.55. The highest BCUT2D eigenvalue weighted by atomic mass is 16.2. The van der Waals surface area contributed by atoms with Crippen molar-refractivity contribution in [2.75, 3.05) is 13.6 Å². The van der Waals surface area contributed by atoms with E-state index in [1.54, 1.807) is 7.05 Å². The minimum Gasteiger partial charge on any atom is -0.341 e. The van der Waals surface area contributed by atoms with Crippen molar-refractivity contribution in [2.45, 2.75) is 31.7 Å². The van der Waals surface area contributed by atoms with Crippen LogP contribution in [-0.4, -0.2) is 30.6 Å². The van der Waals surface area contributed by atoms with Gasteiger partial charge in [-0.1, -0.05) is 12.8 Å². The molecule has 1 N–H and O–H groups in total. The molecule has 3 heteroatoms. The Hall–Kier alpha value is -0.730. The largest absolute Gasteiger partial charge is 0.341 e. The highest BCUT2D eigenvalue weighted by molar-refractivity contribution is 5.75. The van der Waals surface area contributed by atoms with Gasteiger partial charge in [0.15, 0.2) is 0 Å². The maximum atomic E-state index is 11.3. The molecule has 2 unspecified atom stereocenters. The van der Waals surface area contributed by atoms with Crippen LogP contribution in [0.15, 0.2) is 0 Å². The summed E-state index contributed by atoms with van der Waals surface area (Å²) in [6, 6.07) is 0.678. The van der Waals surface area contributed by atoms with E-state index in [0.29, 0.717) is 6.04 Å². The summed E-state index contributed by atoms with van der Waals surface area (Å²) in [5.41, 5.74) is 0. The Balaban J connectivity index is 1.92. The lowest BCUT2D eigenvalue weighted by Gasteiger charge is -2.50. The number of hydrogen-bond acceptors (Lipinski definition) is 1. The van der Waals surface area contributed by atoms with E-state index >= 15 is 0 Å². The fraction of sp³-hybridized carbons (Fsp3) is 0.889. The molecule has 2 fully saturated rings. The molecule has 3 nitrogen and oxygen atoms in total. The van der Waals surface area contributed by atoms with Crippen molar-refractivity contribution in [1.29, 1.82) is 0 Å². The van der Waals surface area contributed by atoms with Crippen LogP contribution in [0.25, 0.3) is 0 Å². The van der Waals surface area contributed by atoms with E-state index in [-0.39, 0.29) is 6.03 Å². The molecular weight excluding hydrogens is 152 g/mol. The molecule has 0 aromatic rings. The van der Waals surface area contributed by atoms with E-state index < -0.39 is 0 Å². The van der Waals surface area contributed by atoms with E-state index in [1.807, 2.05) is 4.90 Å². The number of nitrogens with zero attached hydrogens (tertiary/aromatic N) is 1. The molecule has 1 heterocycles. The summed E-state index contributed by atoms with van der Waals surface area (Å²) in [4.78, 5) is 13.2. The Morgan fingerprint density at radius 2 is 2.17 bits per heavy atom. The van der Waals surface area contributed by atoms with Gasteiger partial charge in [-0.05, 0) is 18.8 Å². The maximum absolute atomic E-state index is 11.3. The third kappa shape index (κ3) is 1.08. The fourth-order valence-electron chi connectivity index (χ4n) is 2.44. The quantitative estimate of drug-likeness (QED) is 0.579. The molecule has 0 aromatic heterocycles. The standard InChI is InChI=1S/C9H16N2O/c1-10-9(12)11-6-7-4-2-3-5-8(7)11/h7-8H,2-6H2,1H3,(H,10,12). The van der Waals surface area contributed by atoms with Gasteiger partial charge >= 0.3 is 6.03 Å². The molecule has 68 valence electrons. The molecule has 0 spiro atoms. The van der Waals surface area contributed by atoms with Gasteiger partial charge in [0.25, 0.3) is 0 Å². The molecule has 1 aliphatic carbocycles. The number of likely N-dealkylation sites (tertiary alicyclic amines) is 1. The maximum Gasteiger partial charge on any atom is 0.317 e. The zero-order valence-corrected chi connectivity index (χ0v) is 7.55. The average molecular weight is 168 g/mol. The molecule has 2 rings (SSSR count). The van der Waals surface area contributed by atoms with Crippen LogP contribution in [0, 0.1) is 5.92 Å². The van der Waals surface area contributed by atoms with Gasteiger partial charge < -0.3 is 10.2 Å². The lowest BCUT2D eigenvalue weighted by Crippen LogP contribution is -2.61. The second-order valence-electron chi connectivity index (χ2n) is 3.82. The Labute approximate surface area is 73.1 Å². The number of nitrogens with one attached hydrogen (secondary N) is 1. The smallest absolute Gasteiger partial charge is 0.317 e. The average Bonchev–Trinajstić information content (AvgIpc) is 2.07. The Bertz CT molecular complexity index is 193. The molecule has 2 atom stereocenters. The van der Waals surface area contributed by atoms with Gasteiger partial charge in [-0.2, -0.15) is 0 Å². The topological polar surface area (TPSA) is 32.3 Å². The van der Waals surface area contributed by atoms with Crippen LogP contribution in [-0.2, 0) is 0 Å². The molecule has 2 amide bonds. The molecule has 1 saturated heterocycles. The summed E-state index contributed by atoms with van der Waals surface area (Å²) in [6.45, 7) is 0.990. The van der Waals surface area contributed by atoms with Crippen molar-refractivity contribution in [3.8, 4) is 0 Å². The first kappa shape index (κ1) is 7.90. The van der Waals surface area contributed by atoms with Gasteiger partial charge in [0, 0.05) is 19.6 Å². The van der Waals surface area contributed by atoms with Crippen LogP contribution in [0.5, 0.6) is 0 Å². The van der Waals surface area contributed by atoms with Crippen molar-refractivity contribution in [1.82, 2.24) is 10.2 Å². The second-order valence-corrected chi connectivity index (χ2v) is 3.82. The normalized spacial score (nSPS) is 33.6. The molecule has 0 aromatic carbocycles. The minimum absolute atomic E-state index is 0.109. The molecular formula is C9H16N2O. The Kier molecular flexibility index (Phi) is 1.95. The van der Waals surface area contributed by atoms with Crippen molar-refractivity contribution in [2.24, 2.45) is 5.92 Å². The number of carbonyl (C=O) groups is 1. The van der Waals surface area contributed by atoms with Crippen molar-refractivity contribution in [3.05, 3.63) is 0 Å². The third-order valence-electron chi connectivity index (χ3n) is 3.18. The molecule has 12 heavy (non-hydrogen) atoms. The van der Waals surface area contributed by atoms with E-state index in [2.05, 4.69) is 5.32 Å². The SMILES string of the molecule is CNC(=O)N1CC2CCCCC21. The predicted molar refractivity (Wildman–Crippen MR) is 46.9 cm³/mol. The van der Waals surface area contributed by atoms with Crippen LogP contribution in [0.1, 0.15) is 25.7 Å². The number of rotatable bonds is 0. The van der Waals surface area contributed by atoms with E-state index in [0.717, 1.165) is 12.5 Å². The first-order valence-electron chi connectivity index (χ1n) is 4.81. The van der Waals surface area contributed by atoms with E-state index in [1.165, 1.54) is 25.7 Å². The van der Waals surface area contributed by atoms with Gasteiger partial charge in [-0.3, -0.25) is 0 Å². The predicted octanol–water partition coefficient (Wildman–Crippen LogP) is 1.20. The summed E-state index contributed by atoms with van der Waals surface area (Å²) in [5, 5.41) is 2.69. The summed E-state index contributed by atoms with van der Waals surface area (Å²) < 4.78 is 0. The van der Waals surface area contributed by atoms with Gasteiger partial charge in [0.1, 0.15) is 0 Å². The van der Waals surface area contributed by atoms with Crippen molar-refractivity contribution in [3.63, 3.8) is 0 Å². The number of carbonyl (C=O) groups excluding carboxylic acids is 1. The first-order chi connectivity index (χ1) is 5.83. The van der Waals surface area contributed by atoms with Crippen LogP contribution >= 0.6 is 0 Å². The number of urea groups is 1. The molecule has 0 radical (unpaired) electrons. The second kappa shape index (κ2) is 2.96. The van der Waals surface area contributed by atoms with Gasteiger partial charge in [0.05, 0.1) is 0 Å². The van der Waals surface area contributed by atoms with Gasteiger partial charge in [-0.25, -0.2) is 4.79 Å². The first-order valence-corrected chi connectivity index (χ1v) is 4.81. The molecule has 1 saturated carbocycles. The van der Waals surface area contributed by atoms with E-state index in [4.69, 9.17) is 0 Å². The summed E-state index contributed by atoms with van der Waals surface area (Å²) in [5.74, 6) is 0.816.